The summed E-state index contributed by atoms with van der Waals surface area (Å²) in [5.74, 6) is 1.29. The predicted molar refractivity (Wildman–Crippen MR) is 88.1 cm³/mol. The normalized spacial score (nSPS) is 10.5. The zero-order chi connectivity index (χ0) is 16.1. The Labute approximate surface area is 133 Å². The first-order chi connectivity index (χ1) is 10.6. The fourth-order valence-electron chi connectivity index (χ4n) is 2.19. The average molecular weight is 321 g/mol. The number of nitrogens with one attached hydrogen (secondary N) is 1. The van der Waals surface area contributed by atoms with Crippen molar-refractivity contribution in [2.45, 2.75) is 13.0 Å². The molecule has 2 aromatic rings. The lowest BCUT2D eigenvalue weighted by atomic mass is 10.1. The van der Waals surface area contributed by atoms with Crippen LogP contribution in [-0.2, 0) is 6.54 Å². The second-order valence-electron chi connectivity index (χ2n) is 4.72. The van der Waals surface area contributed by atoms with Crippen molar-refractivity contribution in [2.24, 2.45) is 5.73 Å². The molecule has 118 valence electrons. The SMILES string of the molecule is COc1cc(OC)cc(-c2cc(=O)[nH]c(=S)n2CCCN)c1. The van der Waals surface area contributed by atoms with Crippen molar-refractivity contribution in [3.63, 3.8) is 0 Å². The van der Waals surface area contributed by atoms with Crippen molar-refractivity contribution >= 4 is 12.2 Å². The minimum atomic E-state index is -0.245. The van der Waals surface area contributed by atoms with Gasteiger partial charge < -0.3 is 19.8 Å². The molecule has 0 saturated heterocycles. The molecule has 0 aliphatic carbocycles. The van der Waals surface area contributed by atoms with E-state index in [2.05, 4.69) is 4.98 Å². The Kier molecular flexibility index (Phi) is 5.35. The fraction of sp³-hybridized carbons (Fsp3) is 0.333. The standard InChI is InChI=1S/C15H19N3O3S/c1-20-11-6-10(7-12(8-11)21-2)13-9-14(19)17-15(22)18(13)5-3-4-16/h6-9H,3-5,16H2,1-2H3,(H,17,19,22). The monoisotopic (exact) mass is 321 g/mol. The van der Waals surface area contributed by atoms with Crippen LogP contribution < -0.4 is 20.8 Å². The van der Waals surface area contributed by atoms with Gasteiger partial charge in [-0.1, -0.05) is 0 Å². The number of hydrogen-bond acceptors (Lipinski definition) is 5. The molecule has 0 radical (unpaired) electrons. The molecule has 0 aliphatic rings. The van der Waals surface area contributed by atoms with Gasteiger partial charge >= 0.3 is 0 Å². The van der Waals surface area contributed by atoms with Crippen LogP contribution in [0.5, 0.6) is 11.5 Å². The summed E-state index contributed by atoms with van der Waals surface area (Å²) in [7, 11) is 3.16. The van der Waals surface area contributed by atoms with Crippen LogP contribution >= 0.6 is 12.2 Å². The number of nitrogens with two attached hydrogens (primary N) is 1. The number of methoxy groups -OCH3 is 2. The predicted octanol–water partition coefficient (Wildman–Crippen LogP) is 1.94. The van der Waals surface area contributed by atoms with Crippen LogP contribution in [0.4, 0.5) is 0 Å². The van der Waals surface area contributed by atoms with Gasteiger partial charge in [-0.05, 0) is 37.3 Å². The van der Waals surface area contributed by atoms with E-state index < -0.39 is 0 Å². The number of aromatic nitrogens is 2. The van der Waals surface area contributed by atoms with Crippen molar-refractivity contribution in [3.05, 3.63) is 39.4 Å². The maximum absolute atomic E-state index is 11.8. The molecule has 6 nitrogen and oxygen atoms in total. The summed E-state index contributed by atoms with van der Waals surface area (Å²) in [4.78, 5) is 14.4. The van der Waals surface area contributed by atoms with Gasteiger partial charge in [0.15, 0.2) is 4.77 Å². The number of rotatable bonds is 6. The van der Waals surface area contributed by atoms with Crippen LogP contribution in [0.2, 0.25) is 0 Å². The highest BCUT2D eigenvalue weighted by atomic mass is 32.1. The molecule has 0 saturated carbocycles. The van der Waals surface area contributed by atoms with Gasteiger partial charge in [0.25, 0.3) is 5.56 Å². The zero-order valence-corrected chi connectivity index (χ0v) is 13.4. The molecule has 1 aromatic carbocycles. The Balaban J connectivity index is 2.65. The Morgan fingerprint density at radius 3 is 2.36 bits per heavy atom. The molecule has 3 N–H and O–H groups in total. The van der Waals surface area contributed by atoms with Gasteiger partial charge in [0.1, 0.15) is 11.5 Å². The molecule has 1 heterocycles. The van der Waals surface area contributed by atoms with Crippen LogP contribution in [-0.4, -0.2) is 30.3 Å². The third-order valence-electron chi connectivity index (χ3n) is 3.27. The van der Waals surface area contributed by atoms with E-state index in [4.69, 9.17) is 27.4 Å². The summed E-state index contributed by atoms with van der Waals surface area (Å²) in [6.45, 7) is 1.17. The second-order valence-corrected chi connectivity index (χ2v) is 5.11. The Hall–Kier alpha value is -2.12. The summed E-state index contributed by atoms with van der Waals surface area (Å²) < 4.78 is 12.8. The minimum absolute atomic E-state index is 0.245. The number of H-pyrrole nitrogens is 1. The van der Waals surface area contributed by atoms with Crippen molar-refractivity contribution in [3.8, 4) is 22.8 Å². The smallest absolute Gasteiger partial charge is 0.252 e. The van der Waals surface area contributed by atoms with Crippen LogP contribution in [0.1, 0.15) is 6.42 Å². The third kappa shape index (κ3) is 3.55. The molecular formula is C15H19N3O3S. The maximum atomic E-state index is 11.8. The van der Waals surface area contributed by atoms with Gasteiger partial charge in [-0.2, -0.15) is 0 Å². The van der Waals surface area contributed by atoms with E-state index in [0.29, 0.717) is 35.1 Å². The molecule has 0 amide bonds. The Morgan fingerprint density at radius 1 is 1.18 bits per heavy atom. The summed E-state index contributed by atoms with van der Waals surface area (Å²) >= 11 is 5.27. The minimum Gasteiger partial charge on any atom is -0.497 e. The first-order valence-electron chi connectivity index (χ1n) is 6.86. The summed E-state index contributed by atoms with van der Waals surface area (Å²) in [5.41, 5.74) is 6.84. The zero-order valence-electron chi connectivity index (χ0n) is 12.6. The summed E-state index contributed by atoms with van der Waals surface area (Å²) in [5, 5.41) is 0. The topological polar surface area (TPSA) is 82.3 Å². The molecular weight excluding hydrogens is 302 g/mol. The van der Waals surface area contributed by atoms with Crippen LogP contribution in [0.3, 0.4) is 0 Å². The lowest BCUT2D eigenvalue weighted by molar-refractivity contribution is 0.394. The third-order valence-corrected chi connectivity index (χ3v) is 3.59. The molecule has 0 spiro atoms. The highest BCUT2D eigenvalue weighted by molar-refractivity contribution is 7.71. The molecule has 0 atom stereocenters. The van der Waals surface area contributed by atoms with Crippen molar-refractivity contribution in [1.82, 2.24) is 9.55 Å². The highest BCUT2D eigenvalue weighted by Crippen LogP contribution is 2.29. The van der Waals surface area contributed by atoms with Gasteiger partial charge in [-0.3, -0.25) is 9.78 Å². The lowest BCUT2D eigenvalue weighted by Crippen LogP contribution is -2.16. The fourth-order valence-corrected chi connectivity index (χ4v) is 2.48. The van der Waals surface area contributed by atoms with E-state index in [1.807, 2.05) is 16.7 Å². The van der Waals surface area contributed by atoms with Crippen molar-refractivity contribution in [2.75, 3.05) is 20.8 Å². The average Bonchev–Trinajstić information content (AvgIpc) is 2.52. The van der Waals surface area contributed by atoms with E-state index in [-0.39, 0.29) is 5.56 Å². The number of ether oxygens (including phenoxy) is 2. The van der Waals surface area contributed by atoms with Gasteiger partial charge in [0.05, 0.1) is 19.9 Å². The lowest BCUT2D eigenvalue weighted by Gasteiger charge is -2.15. The molecule has 0 aliphatic heterocycles. The number of nitrogens with zero attached hydrogens (tertiary/aromatic N) is 1. The van der Waals surface area contributed by atoms with Gasteiger partial charge in [-0.25, -0.2) is 0 Å². The largest absolute Gasteiger partial charge is 0.497 e. The quantitative estimate of drug-likeness (QED) is 0.795. The molecule has 0 fully saturated rings. The van der Waals surface area contributed by atoms with E-state index >= 15 is 0 Å². The summed E-state index contributed by atoms with van der Waals surface area (Å²) in [6, 6.07) is 6.96. The van der Waals surface area contributed by atoms with E-state index in [0.717, 1.165) is 12.0 Å². The van der Waals surface area contributed by atoms with E-state index in [9.17, 15) is 4.79 Å². The van der Waals surface area contributed by atoms with Gasteiger partial charge in [0.2, 0.25) is 0 Å². The van der Waals surface area contributed by atoms with Gasteiger partial charge in [-0.15, -0.1) is 0 Å². The second kappa shape index (κ2) is 7.24. The first kappa shape index (κ1) is 16.3. The number of hydrogen-bond donors (Lipinski definition) is 2. The first-order valence-corrected chi connectivity index (χ1v) is 7.27. The molecule has 0 unspecified atom stereocenters. The highest BCUT2D eigenvalue weighted by Gasteiger charge is 2.10. The molecule has 1 aromatic heterocycles. The number of benzene rings is 1. The van der Waals surface area contributed by atoms with Crippen LogP contribution in [0.15, 0.2) is 29.1 Å². The maximum Gasteiger partial charge on any atom is 0.252 e. The number of aromatic amines is 1. The van der Waals surface area contributed by atoms with Crippen molar-refractivity contribution in [1.29, 1.82) is 0 Å². The van der Waals surface area contributed by atoms with Crippen LogP contribution in [0, 0.1) is 4.77 Å². The van der Waals surface area contributed by atoms with Crippen LogP contribution in [0.25, 0.3) is 11.3 Å². The van der Waals surface area contributed by atoms with Gasteiger partial charge in [0, 0.05) is 24.2 Å². The molecule has 0 bridgehead atoms. The summed E-state index contributed by atoms with van der Waals surface area (Å²) in [6.07, 6.45) is 0.758. The van der Waals surface area contributed by atoms with E-state index in [1.165, 1.54) is 6.07 Å². The molecule has 7 heteroatoms. The Bertz CT molecular complexity index is 745. The molecule has 2 rings (SSSR count). The Morgan fingerprint density at radius 2 is 1.82 bits per heavy atom. The van der Waals surface area contributed by atoms with E-state index in [1.54, 1.807) is 20.3 Å². The molecule has 22 heavy (non-hydrogen) atoms. The van der Waals surface area contributed by atoms with Crippen molar-refractivity contribution < 1.29 is 9.47 Å².